The molecule has 0 radical (unpaired) electrons. The zero-order chi connectivity index (χ0) is 14.5. The number of hydrogen-bond acceptors (Lipinski definition) is 2. The summed E-state index contributed by atoms with van der Waals surface area (Å²) in [5.41, 5.74) is 5.22. The van der Waals surface area contributed by atoms with Gasteiger partial charge >= 0.3 is 0 Å². The van der Waals surface area contributed by atoms with E-state index in [-0.39, 0.29) is 6.10 Å². The van der Waals surface area contributed by atoms with Crippen molar-refractivity contribution < 1.29 is 9.84 Å². The van der Waals surface area contributed by atoms with Crippen LogP contribution >= 0.6 is 0 Å². The van der Waals surface area contributed by atoms with Gasteiger partial charge in [0.1, 0.15) is 0 Å². The predicted molar refractivity (Wildman–Crippen MR) is 83.2 cm³/mol. The number of rotatable bonds is 5. The van der Waals surface area contributed by atoms with Gasteiger partial charge in [-0.25, -0.2) is 0 Å². The lowest BCUT2D eigenvalue weighted by Gasteiger charge is -2.24. The van der Waals surface area contributed by atoms with E-state index in [9.17, 15) is 5.11 Å². The maximum absolute atomic E-state index is 10.3. The predicted octanol–water partition coefficient (Wildman–Crippen LogP) is 3.86. The molecule has 0 spiro atoms. The number of hydrogen-bond donors (Lipinski definition) is 1. The Labute approximate surface area is 123 Å². The second-order valence-electron chi connectivity index (χ2n) is 6.30. The molecule has 1 saturated heterocycles. The van der Waals surface area contributed by atoms with Crippen molar-refractivity contribution in [3.05, 3.63) is 34.4 Å². The second-order valence-corrected chi connectivity index (χ2v) is 6.30. The summed E-state index contributed by atoms with van der Waals surface area (Å²) >= 11 is 0. The van der Waals surface area contributed by atoms with E-state index in [1.165, 1.54) is 35.1 Å². The Hall–Kier alpha value is -0.860. The van der Waals surface area contributed by atoms with Gasteiger partial charge in [0.15, 0.2) is 0 Å². The third kappa shape index (κ3) is 4.32. The number of benzene rings is 1. The zero-order valence-electron chi connectivity index (χ0n) is 13.1. The molecule has 0 aliphatic carbocycles. The first-order chi connectivity index (χ1) is 9.56. The fraction of sp³-hybridized carbons (Fsp3) is 0.667. The summed E-state index contributed by atoms with van der Waals surface area (Å²) in [5, 5.41) is 10.3. The molecule has 0 amide bonds. The van der Waals surface area contributed by atoms with Crippen molar-refractivity contribution in [3.8, 4) is 0 Å². The lowest BCUT2D eigenvalue weighted by molar-refractivity contribution is 0.00233. The molecule has 1 heterocycles. The van der Waals surface area contributed by atoms with Crippen molar-refractivity contribution in [2.45, 2.75) is 71.5 Å². The zero-order valence-corrected chi connectivity index (χ0v) is 13.1. The molecule has 0 aromatic heterocycles. The van der Waals surface area contributed by atoms with E-state index < -0.39 is 0 Å². The van der Waals surface area contributed by atoms with E-state index >= 15 is 0 Å². The van der Waals surface area contributed by atoms with Crippen LogP contribution in [0, 0.1) is 20.8 Å². The summed E-state index contributed by atoms with van der Waals surface area (Å²) in [6.45, 7) is 7.32. The maximum Gasteiger partial charge on any atom is 0.0581 e. The molecule has 0 bridgehead atoms. The first kappa shape index (κ1) is 15.5. The van der Waals surface area contributed by atoms with Crippen molar-refractivity contribution >= 4 is 0 Å². The van der Waals surface area contributed by atoms with Gasteiger partial charge in [0.25, 0.3) is 0 Å². The average molecular weight is 276 g/mol. The van der Waals surface area contributed by atoms with Gasteiger partial charge in [-0.1, -0.05) is 17.7 Å². The highest BCUT2D eigenvalue weighted by molar-refractivity contribution is 5.37. The van der Waals surface area contributed by atoms with Crippen LogP contribution < -0.4 is 0 Å². The van der Waals surface area contributed by atoms with Crippen LogP contribution in [0.25, 0.3) is 0 Å². The van der Waals surface area contributed by atoms with E-state index in [1.807, 2.05) is 0 Å². The lowest BCUT2D eigenvalue weighted by atomic mass is 9.93. The summed E-state index contributed by atoms with van der Waals surface area (Å²) in [5.74, 6) is 0. The number of aliphatic hydroxyl groups excluding tert-OH is 1. The highest BCUT2D eigenvalue weighted by Crippen LogP contribution is 2.22. The Bertz CT molecular complexity index is 410. The molecule has 2 nitrogen and oxygen atoms in total. The van der Waals surface area contributed by atoms with Crippen LogP contribution in [0.3, 0.4) is 0 Å². The van der Waals surface area contributed by atoms with Crippen LogP contribution in [0.15, 0.2) is 12.1 Å². The van der Waals surface area contributed by atoms with Crippen LogP contribution in [-0.2, 0) is 11.2 Å². The van der Waals surface area contributed by atoms with Crippen molar-refractivity contribution in [1.82, 2.24) is 0 Å². The highest BCUT2D eigenvalue weighted by atomic mass is 16.5. The largest absolute Gasteiger partial charge is 0.393 e. The van der Waals surface area contributed by atoms with Gasteiger partial charge in [-0.05, 0) is 76.0 Å². The normalized spacial score (nSPS) is 20.9. The van der Waals surface area contributed by atoms with E-state index in [2.05, 4.69) is 32.9 Å². The molecule has 2 rings (SSSR count). The van der Waals surface area contributed by atoms with Crippen molar-refractivity contribution in [2.24, 2.45) is 0 Å². The topological polar surface area (TPSA) is 29.5 Å². The molecule has 20 heavy (non-hydrogen) atoms. The SMILES string of the molecule is Cc1cc(C)c(CC(O)CCC2CCCCO2)c(C)c1. The summed E-state index contributed by atoms with van der Waals surface area (Å²) < 4.78 is 5.73. The first-order valence-corrected chi connectivity index (χ1v) is 7.92. The average Bonchev–Trinajstić information content (AvgIpc) is 2.42. The molecule has 2 atom stereocenters. The molecule has 1 fully saturated rings. The van der Waals surface area contributed by atoms with Gasteiger partial charge in [-0.15, -0.1) is 0 Å². The van der Waals surface area contributed by atoms with Crippen LogP contribution in [0.5, 0.6) is 0 Å². The van der Waals surface area contributed by atoms with Gasteiger partial charge in [-0.2, -0.15) is 0 Å². The van der Waals surface area contributed by atoms with E-state index in [0.717, 1.165) is 32.3 Å². The molecular formula is C18H28O2. The Morgan fingerprint density at radius 1 is 1.20 bits per heavy atom. The monoisotopic (exact) mass is 276 g/mol. The van der Waals surface area contributed by atoms with Crippen molar-refractivity contribution in [3.63, 3.8) is 0 Å². The minimum Gasteiger partial charge on any atom is -0.393 e. The summed E-state index contributed by atoms with van der Waals surface area (Å²) in [6, 6.07) is 4.42. The molecule has 0 saturated carbocycles. The first-order valence-electron chi connectivity index (χ1n) is 7.92. The quantitative estimate of drug-likeness (QED) is 0.884. The molecule has 1 N–H and O–H groups in total. The molecule has 1 aliphatic rings. The fourth-order valence-electron chi connectivity index (χ4n) is 3.28. The number of ether oxygens (including phenoxy) is 1. The van der Waals surface area contributed by atoms with Gasteiger partial charge in [0.2, 0.25) is 0 Å². The van der Waals surface area contributed by atoms with Crippen molar-refractivity contribution in [2.75, 3.05) is 6.61 Å². The Morgan fingerprint density at radius 2 is 1.90 bits per heavy atom. The van der Waals surface area contributed by atoms with Crippen LogP contribution in [0.4, 0.5) is 0 Å². The van der Waals surface area contributed by atoms with Gasteiger partial charge in [0, 0.05) is 6.61 Å². The van der Waals surface area contributed by atoms with Gasteiger partial charge < -0.3 is 9.84 Å². The standard InChI is InChI=1S/C18H28O2/c1-13-10-14(2)18(15(3)11-13)12-16(19)7-8-17-6-4-5-9-20-17/h10-11,16-17,19H,4-9,12H2,1-3H3. The Kier molecular flexibility index (Phi) is 5.62. The number of aliphatic hydroxyl groups is 1. The molecular weight excluding hydrogens is 248 g/mol. The number of aryl methyl sites for hydroxylation is 3. The molecule has 2 heteroatoms. The van der Waals surface area contributed by atoms with Crippen molar-refractivity contribution in [1.29, 1.82) is 0 Å². The molecule has 1 aromatic rings. The molecule has 1 aliphatic heterocycles. The van der Waals surface area contributed by atoms with Crippen LogP contribution in [-0.4, -0.2) is 23.9 Å². The summed E-state index contributed by atoms with van der Waals surface area (Å²) in [4.78, 5) is 0. The minimum atomic E-state index is -0.249. The smallest absolute Gasteiger partial charge is 0.0581 e. The third-order valence-electron chi connectivity index (χ3n) is 4.38. The Balaban J connectivity index is 1.86. The molecule has 112 valence electrons. The van der Waals surface area contributed by atoms with E-state index in [1.54, 1.807) is 0 Å². The van der Waals surface area contributed by atoms with Crippen LogP contribution in [0.2, 0.25) is 0 Å². The molecule has 1 aromatic carbocycles. The van der Waals surface area contributed by atoms with E-state index in [0.29, 0.717) is 6.10 Å². The lowest BCUT2D eigenvalue weighted by Crippen LogP contribution is -2.22. The summed E-state index contributed by atoms with van der Waals surface area (Å²) in [6.07, 6.45) is 6.36. The second kappa shape index (κ2) is 7.24. The maximum atomic E-state index is 10.3. The Morgan fingerprint density at radius 3 is 2.50 bits per heavy atom. The molecule has 2 unspecified atom stereocenters. The van der Waals surface area contributed by atoms with Gasteiger partial charge in [-0.3, -0.25) is 0 Å². The van der Waals surface area contributed by atoms with E-state index in [4.69, 9.17) is 4.74 Å². The minimum absolute atomic E-state index is 0.249. The van der Waals surface area contributed by atoms with Crippen LogP contribution in [0.1, 0.15) is 54.4 Å². The highest BCUT2D eigenvalue weighted by Gasteiger charge is 2.17. The fourth-order valence-corrected chi connectivity index (χ4v) is 3.28. The van der Waals surface area contributed by atoms with Gasteiger partial charge in [0.05, 0.1) is 12.2 Å². The summed E-state index contributed by atoms with van der Waals surface area (Å²) in [7, 11) is 0. The third-order valence-corrected chi connectivity index (χ3v) is 4.38.